The molecule has 13 heteroatoms. The first-order chi connectivity index (χ1) is 11.8. The highest BCUT2D eigenvalue weighted by Crippen LogP contribution is 2.48. The van der Waals surface area contributed by atoms with Crippen molar-refractivity contribution in [2.75, 3.05) is 5.75 Å². The molecule has 26 heavy (non-hydrogen) atoms. The summed E-state index contributed by atoms with van der Waals surface area (Å²) in [6, 6.07) is 0.818. The maximum atomic E-state index is 13.5. The van der Waals surface area contributed by atoms with Crippen LogP contribution in [-0.2, 0) is 16.9 Å². The highest BCUT2D eigenvalue weighted by atomic mass is 32.2. The molecule has 0 radical (unpaired) electrons. The van der Waals surface area contributed by atoms with E-state index in [0.29, 0.717) is 12.3 Å². The molecule has 0 spiro atoms. The molecule has 0 saturated carbocycles. The van der Waals surface area contributed by atoms with Crippen LogP contribution in [0, 0.1) is 0 Å². The summed E-state index contributed by atoms with van der Waals surface area (Å²) in [5.41, 5.74) is -4.81. The molecule has 0 atom stereocenters. The lowest BCUT2D eigenvalue weighted by atomic mass is 9.98. The molecule has 0 bridgehead atoms. The normalized spacial score (nSPS) is 18.0. The average Bonchev–Trinajstić information content (AvgIpc) is 2.90. The van der Waals surface area contributed by atoms with Crippen LogP contribution in [0.5, 0.6) is 0 Å². The van der Waals surface area contributed by atoms with Crippen LogP contribution in [0.4, 0.5) is 35.1 Å². The van der Waals surface area contributed by atoms with Crippen LogP contribution in [0.2, 0.25) is 0 Å². The van der Waals surface area contributed by atoms with E-state index in [1.165, 1.54) is 0 Å². The summed E-state index contributed by atoms with van der Waals surface area (Å²) in [5.74, 6) is -6.02. The SMILES string of the molecule is O=C1CSC(=NN=Cc2ccc(C(F)(F)F)c(C(F)(F)C(F)(F)F)c2)N1. The van der Waals surface area contributed by atoms with Crippen molar-refractivity contribution in [1.82, 2.24) is 5.32 Å². The molecule has 4 nitrogen and oxygen atoms in total. The van der Waals surface area contributed by atoms with Gasteiger partial charge in [0.05, 0.1) is 17.5 Å². The van der Waals surface area contributed by atoms with Crippen LogP contribution in [0.25, 0.3) is 0 Å². The van der Waals surface area contributed by atoms with Crippen molar-refractivity contribution in [1.29, 1.82) is 0 Å². The fraction of sp³-hybridized carbons (Fsp3) is 0.308. The van der Waals surface area contributed by atoms with Gasteiger partial charge in [0, 0.05) is 5.56 Å². The minimum absolute atomic E-state index is 0.0420. The lowest BCUT2D eigenvalue weighted by Crippen LogP contribution is -2.35. The third kappa shape index (κ3) is 4.31. The number of thioether (sulfide) groups is 1. The minimum atomic E-state index is -6.21. The van der Waals surface area contributed by atoms with Gasteiger partial charge in [-0.1, -0.05) is 17.8 Å². The van der Waals surface area contributed by atoms with E-state index in [2.05, 4.69) is 15.5 Å². The Labute approximate surface area is 144 Å². The Balaban J connectivity index is 2.42. The van der Waals surface area contributed by atoms with Gasteiger partial charge < -0.3 is 5.32 Å². The predicted molar refractivity (Wildman–Crippen MR) is 77.0 cm³/mol. The van der Waals surface area contributed by atoms with E-state index >= 15 is 0 Å². The Bertz CT molecular complexity index is 770. The highest BCUT2D eigenvalue weighted by molar-refractivity contribution is 8.15. The number of nitrogens with one attached hydrogen (secondary N) is 1. The number of carbonyl (C=O) groups is 1. The van der Waals surface area contributed by atoms with E-state index in [1.807, 2.05) is 0 Å². The number of hydrogen-bond donors (Lipinski definition) is 1. The zero-order valence-electron chi connectivity index (χ0n) is 12.3. The largest absolute Gasteiger partial charge is 0.458 e. The number of rotatable bonds is 3. The number of nitrogens with zero attached hydrogens (tertiary/aromatic N) is 2. The molecule has 0 aromatic heterocycles. The fourth-order valence-electron chi connectivity index (χ4n) is 1.83. The smallest absolute Gasteiger partial charge is 0.303 e. The van der Waals surface area contributed by atoms with E-state index in [4.69, 9.17) is 0 Å². The van der Waals surface area contributed by atoms with Gasteiger partial charge in [0.25, 0.3) is 0 Å². The monoisotopic (exact) mass is 405 g/mol. The third-order valence-electron chi connectivity index (χ3n) is 2.99. The van der Waals surface area contributed by atoms with E-state index in [0.717, 1.165) is 11.8 Å². The van der Waals surface area contributed by atoms with Crippen molar-refractivity contribution in [3.05, 3.63) is 34.9 Å². The number of amidine groups is 1. The molecule has 1 aliphatic rings. The molecule has 1 fully saturated rings. The Morgan fingerprint density at radius 2 is 1.69 bits per heavy atom. The minimum Gasteiger partial charge on any atom is -0.303 e. The molecule has 142 valence electrons. The molecule has 2 rings (SSSR count). The van der Waals surface area contributed by atoms with Crippen LogP contribution in [-0.4, -0.2) is 29.2 Å². The average molecular weight is 405 g/mol. The first kappa shape index (κ1) is 20.1. The molecule has 1 aliphatic heterocycles. The number of carbonyl (C=O) groups excluding carboxylic acids is 1. The Morgan fingerprint density at radius 3 is 2.19 bits per heavy atom. The van der Waals surface area contributed by atoms with Gasteiger partial charge in [-0.05, 0) is 17.7 Å². The van der Waals surface area contributed by atoms with E-state index < -0.39 is 35.0 Å². The second-order valence-corrected chi connectivity index (χ2v) is 5.83. The van der Waals surface area contributed by atoms with Gasteiger partial charge in [0.15, 0.2) is 5.17 Å². The van der Waals surface area contributed by atoms with E-state index in [1.54, 1.807) is 0 Å². The summed E-state index contributed by atoms with van der Waals surface area (Å²) < 4.78 is 103. The molecule has 1 N–H and O–H groups in total. The Hall–Kier alpha value is -2.18. The van der Waals surface area contributed by atoms with Gasteiger partial charge in [-0.15, -0.1) is 5.10 Å². The quantitative estimate of drug-likeness (QED) is 0.471. The van der Waals surface area contributed by atoms with Crippen LogP contribution >= 0.6 is 11.8 Å². The molecule has 0 unspecified atom stereocenters. The number of amides is 1. The number of hydrogen-bond acceptors (Lipinski definition) is 4. The standard InChI is InChI=1S/C13H7F8N3OS/c14-11(15,13(19,20)21)8-3-6(1-2-7(8)12(16,17)18)4-22-24-10-23-9(25)5-26-10/h1-4H,5H2,(H,23,24,25). The van der Waals surface area contributed by atoms with Crippen molar-refractivity contribution in [2.24, 2.45) is 10.2 Å². The summed E-state index contributed by atoms with van der Waals surface area (Å²) in [6.45, 7) is 0. The van der Waals surface area contributed by atoms with Gasteiger partial charge in [-0.25, -0.2) is 0 Å². The van der Waals surface area contributed by atoms with Gasteiger partial charge in [0.2, 0.25) is 5.91 Å². The molecule has 1 aromatic rings. The lowest BCUT2D eigenvalue weighted by molar-refractivity contribution is -0.291. The number of alkyl halides is 8. The summed E-state index contributed by atoms with van der Waals surface area (Å²) in [5, 5.41) is 9.14. The Morgan fingerprint density at radius 1 is 1.04 bits per heavy atom. The molecular formula is C13H7F8N3OS. The molecule has 1 amide bonds. The topological polar surface area (TPSA) is 53.8 Å². The van der Waals surface area contributed by atoms with Crippen LogP contribution < -0.4 is 5.32 Å². The number of benzene rings is 1. The molecule has 0 aliphatic carbocycles. The number of halogens is 8. The maximum absolute atomic E-state index is 13.5. The first-order valence-electron chi connectivity index (χ1n) is 6.52. The van der Waals surface area contributed by atoms with Gasteiger partial charge >= 0.3 is 18.3 Å². The Kier molecular flexibility index (Phi) is 5.31. The molecular weight excluding hydrogens is 398 g/mol. The van der Waals surface area contributed by atoms with Crippen molar-refractivity contribution >= 4 is 29.1 Å². The van der Waals surface area contributed by atoms with Crippen molar-refractivity contribution in [2.45, 2.75) is 18.3 Å². The van der Waals surface area contributed by atoms with Crippen molar-refractivity contribution in [3.8, 4) is 0 Å². The molecule has 1 heterocycles. The predicted octanol–water partition coefficient (Wildman–Crippen LogP) is 3.91. The molecule has 1 saturated heterocycles. The van der Waals surface area contributed by atoms with E-state index in [-0.39, 0.29) is 29.0 Å². The van der Waals surface area contributed by atoms with E-state index in [9.17, 15) is 39.9 Å². The molecule has 1 aromatic carbocycles. The van der Waals surface area contributed by atoms with Crippen LogP contribution in [0.15, 0.2) is 28.4 Å². The summed E-state index contributed by atoms with van der Waals surface area (Å²) in [6.07, 6.45) is -10.9. The van der Waals surface area contributed by atoms with Gasteiger partial charge in [-0.3, -0.25) is 4.79 Å². The van der Waals surface area contributed by atoms with Crippen LogP contribution in [0.3, 0.4) is 0 Å². The summed E-state index contributed by atoms with van der Waals surface area (Å²) in [4.78, 5) is 10.9. The van der Waals surface area contributed by atoms with Crippen LogP contribution in [0.1, 0.15) is 16.7 Å². The lowest BCUT2D eigenvalue weighted by Gasteiger charge is -2.23. The summed E-state index contributed by atoms with van der Waals surface area (Å²) in [7, 11) is 0. The second-order valence-electron chi connectivity index (χ2n) is 4.86. The maximum Gasteiger partial charge on any atom is 0.458 e. The second kappa shape index (κ2) is 6.85. The zero-order valence-corrected chi connectivity index (χ0v) is 13.1. The first-order valence-corrected chi connectivity index (χ1v) is 7.51. The van der Waals surface area contributed by atoms with Gasteiger partial charge in [-0.2, -0.15) is 40.2 Å². The fourth-order valence-corrected chi connectivity index (χ4v) is 2.46. The highest BCUT2D eigenvalue weighted by Gasteiger charge is 2.61. The summed E-state index contributed by atoms with van der Waals surface area (Å²) >= 11 is 0.960. The third-order valence-corrected chi connectivity index (χ3v) is 3.85. The van der Waals surface area contributed by atoms with Gasteiger partial charge in [0.1, 0.15) is 0 Å². The van der Waals surface area contributed by atoms with Crippen molar-refractivity contribution in [3.63, 3.8) is 0 Å². The zero-order chi connectivity index (χ0) is 19.8. The van der Waals surface area contributed by atoms with Crippen molar-refractivity contribution < 1.29 is 39.9 Å².